The summed E-state index contributed by atoms with van der Waals surface area (Å²) in [4.78, 5) is 0. The van der Waals surface area contributed by atoms with E-state index in [9.17, 15) is 5.11 Å². The first-order valence-corrected chi connectivity index (χ1v) is 9.04. The van der Waals surface area contributed by atoms with Crippen LogP contribution in [0.1, 0.15) is 52.4 Å². The Kier molecular flexibility index (Phi) is 3.15. The van der Waals surface area contributed by atoms with Crippen LogP contribution in [-0.2, 0) is 0 Å². The first kappa shape index (κ1) is 14.6. The van der Waals surface area contributed by atoms with E-state index in [-0.39, 0.29) is 11.5 Å². The lowest BCUT2D eigenvalue weighted by Crippen LogP contribution is -2.53. The zero-order valence-corrected chi connectivity index (χ0v) is 13.9. The smallest absolute Gasteiger partial charge is 0.0817 e. The van der Waals surface area contributed by atoms with E-state index < -0.39 is 0 Å². The summed E-state index contributed by atoms with van der Waals surface area (Å²) in [5, 5.41) is 10.7. The first-order chi connectivity index (χ1) is 10.5. The van der Waals surface area contributed by atoms with Crippen LogP contribution in [0.15, 0.2) is 23.8 Å². The van der Waals surface area contributed by atoms with Crippen LogP contribution >= 0.6 is 0 Å². The lowest BCUT2D eigenvalue weighted by atomic mass is 9.47. The number of rotatable bonds is 0. The van der Waals surface area contributed by atoms with Gasteiger partial charge in [0.25, 0.3) is 0 Å². The number of hydrogen-bond acceptors (Lipinski definition) is 1. The van der Waals surface area contributed by atoms with Crippen molar-refractivity contribution in [3.63, 3.8) is 0 Å². The van der Waals surface area contributed by atoms with Crippen molar-refractivity contribution in [2.45, 2.75) is 58.5 Å². The number of fused-ring (bicyclic) bond motifs is 5. The number of allylic oxidation sites excluding steroid dienone is 2. The Labute approximate surface area is 134 Å². The molecule has 0 aromatic heterocycles. The standard InChI is InChI=1S/C21H28O/c1-4-14-9-11-17-16-10-8-15-6-5-7-19(22)21(15,3)18(16)12-13-20(14,17)2/h1,5-7,14,16-19,22H,8-13H2,2-3H3/t14-,16-,17-,18-,19?,20+,21-/m0/s1. The molecule has 3 fully saturated rings. The van der Waals surface area contributed by atoms with Crippen molar-refractivity contribution < 1.29 is 5.11 Å². The molecule has 22 heavy (non-hydrogen) atoms. The molecule has 4 rings (SSSR count). The van der Waals surface area contributed by atoms with Gasteiger partial charge in [0.05, 0.1) is 6.10 Å². The average molecular weight is 296 g/mol. The first-order valence-electron chi connectivity index (χ1n) is 9.04. The predicted octanol–water partition coefficient (Wildman–Crippen LogP) is 4.34. The van der Waals surface area contributed by atoms with Crippen molar-refractivity contribution in [1.29, 1.82) is 0 Å². The molecule has 0 radical (unpaired) electrons. The largest absolute Gasteiger partial charge is 0.388 e. The van der Waals surface area contributed by atoms with E-state index in [4.69, 9.17) is 6.42 Å². The zero-order chi connectivity index (χ0) is 15.5. The Morgan fingerprint density at radius 3 is 2.77 bits per heavy atom. The van der Waals surface area contributed by atoms with Crippen LogP contribution in [0.3, 0.4) is 0 Å². The average Bonchev–Trinajstić information content (AvgIpc) is 2.85. The third kappa shape index (κ3) is 1.65. The van der Waals surface area contributed by atoms with E-state index in [0.29, 0.717) is 17.3 Å². The molecule has 3 saturated carbocycles. The fraction of sp³-hybridized carbons (Fsp3) is 0.714. The highest BCUT2D eigenvalue weighted by Crippen LogP contribution is 2.66. The summed E-state index contributed by atoms with van der Waals surface area (Å²) >= 11 is 0. The summed E-state index contributed by atoms with van der Waals surface area (Å²) in [6.07, 6.45) is 19.3. The van der Waals surface area contributed by atoms with Crippen molar-refractivity contribution in [3.8, 4) is 12.3 Å². The van der Waals surface area contributed by atoms with Gasteiger partial charge in [-0.15, -0.1) is 12.3 Å². The van der Waals surface area contributed by atoms with E-state index in [0.717, 1.165) is 18.3 Å². The van der Waals surface area contributed by atoms with Gasteiger partial charge in [0.2, 0.25) is 0 Å². The maximum atomic E-state index is 10.7. The lowest BCUT2D eigenvalue weighted by molar-refractivity contribution is -0.0744. The molecule has 0 saturated heterocycles. The van der Waals surface area contributed by atoms with Crippen molar-refractivity contribution in [2.75, 3.05) is 0 Å². The van der Waals surface area contributed by atoms with Crippen LogP contribution in [0, 0.1) is 46.8 Å². The molecule has 1 unspecified atom stereocenters. The lowest BCUT2D eigenvalue weighted by Gasteiger charge is -2.58. The van der Waals surface area contributed by atoms with Gasteiger partial charge in [-0.1, -0.05) is 37.6 Å². The Hall–Kier alpha value is -1.00. The highest BCUT2D eigenvalue weighted by Gasteiger charge is 2.59. The van der Waals surface area contributed by atoms with Crippen LogP contribution in [0.2, 0.25) is 0 Å². The number of terminal acetylenes is 1. The Morgan fingerprint density at radius 2 is 2.00 bits per heavy atom. The topological polar surface area (TPSA) is 20.2 Å². The second kappa shape index (κ2) is 4.75. The van der Waals surface area contributed by atoms with Crippen LogP contribution in [0.4, 0.5) is 0 Å². The van der Waals surface area contributed by atoms with E-state index in [2.05, 4.69) is 31.9 Å². The predicted molar refractivity (Wildman–Crippen MR) is 89.9 cm³/mol. The van der Waals surface area contributed by atoms with E-state index in [1.807, 2.05) is 6.08 Å². The fourth-order valence-corrected chi connectivity index (χ4v) is 6.69. The van der Waals surface area contributed by atoms with Gasteiger partial charge in [0.1, 0.15) is 0 Å². The van der Waals surface area contributed by atoms with Gasteiger partial charge in [0, 0.05) is 11.3 Å². The summed E-state index contributed by atoms with van der Waals surface area (Å²) in [5.41, 5.74) is 1.80. The van der Waals surface area contributed by atoms with Crippen molar-refractivity contribution >= 4 is 0 Å². The van der Waals surface area contributed by atoms with Crippen molar-refractivity contribution in [1.82, 2.24) is 0 Å². The Bertz CT molecular complexity index is 579. The van der Waals surface area contributed by atoms with Gasteiger partial charge in [0.15, 0.2) is 0 Å². The molecule has 7 atom stereocenters. The normalized spacial score (nSPS) is 53.0. The second-order valence-corrected chi connectivity index (χ2v) is 8.56. The van der Waals surface area contributed by atoms with Gasteiger partial charge in [-0.05, 0) is 61.7 Å². The monoisotopic (exact) mass is 296 g/mol. The van der Waals surface area contributed by atoms with Crippen molar-refractivity contribution in [2.24, 2.45) is 34.5 Å². The molecule has 0 aliphatic heterocycles. The number of hydrogen-bond donors (Lipinski definition) is 1. The van der Waals surface area contributed by atoms with E-state index in [1.165, 1.54) is 37.7 Å². The maximum absolute atomic E-state index is 10.7. The summed E-state index contributed by atoms with van der Waals surface area (Å²) in [6, 6.07) is 0. The minimum Gasteiger partial charge on any atom is -0.388 e. The fourth-order valence-electron chi connectivity index (χ4n) is 6.69. The molecule has 0 heterocycles. The van der Waals surface area contributed by atoms with Crippen molar-refractivity contribution in [3.05, 3.63) is 23.8 Å². The van der Waals surface area contributed by atoms with Crippen LogP contribution in [0.25, 0.3) is 0 Å². The highest BCUT2D eigenvalue weighted by atomic mass is 16.3. The highest BCUT2D eigenvalue weighted by molar-refractivity contribution is 5.33. The molecular formula is C21H28O. The minimum atomic E-state index is -0.311. The third-order valence-corrected chi connectivity index (χ3v) is 8.05. The second-order valence-electron chi connectivity index (χ2n) is 8.56. The SMILES string of the molecule is C#C[C@H]1CC[C@H]2[C@@H]3CCC4=CC=CC(O)[C@]4(C)[C@H]3CC[C@]12C. The number of aliphatic hydroxyl groups is 1. The Balaban J connectivity index is 1.71. The van der Waals surface area contributed by atoms with Gasteiger partial charge in [-0.2, -0.15) is 0 Å². The van der Waals surface area contributed by atoms with E-state index >= 15 is 0 Å². The Morgan fingerprint density at radius 1 is 1.18 bits per heavy atom. The number of aliphatic hydroxyl groups excluding tert-OH is 1. The third-order valence-electron chi connectivity index (χ3n) is 8.05. The molecule has 118 valence electrons. The molecule has 0 spiro atoms. The van der Waals surface area contributed by atoms with Gasteiger partial charge < -0.3 is 5.11 Å². The summed E-state index contributed by atoms with van der Waals surface area (Å²) in [7, 11) is 0. The minimum absolute atomic E-state index is 0.0345. The van der Waals surface area contributed by atoms with Gasteiger partial charge >= 0.3 is 0 Å². The zero-order valence-electron chi connectivity index (χ0n) is 13.9. The molecule has 0 amide bonds. The quantitative estimate of drug-likeness (QED) is 0.659. The van der Waals surface area contributed by atoms with Crippen LogP contribution in [0.5, 0.6) is 0 Å². The molecular weight excluding hydrogens is 268 g/mol. The van der Waals surface area contributed by atoms with Gasteiger partial charge in [-0.25, -0.2) is 0 Å². The molecule has 4 aliphatic rings. The molecule has 0 bridgehead atoms. The van der Waals surface area contributed by atoms with Gasteiger partial charge in [-0.3, -0.25) is 0 Å². The molecule has 1 N–H and O–H groups in total. The van der Waals surface area contributed by atoms with E-state index in [1.54, 1.807) is 0 Å². The molecule has 0 aromatic rings. The molecule has 1 heteroatoms. The summed E-state index contributed by atoms with van der Waals surface area (Å²) < 4.78 is 0. The molecule has 1 nitrogen and oxygen atoms in total. The molecule has 4 aliphatic carbocycles. The summed E-state index contributed by atoms with van der Waals surface area (Å²) in [6.45, 7) is 4.77. The maximum Gasteiger partial charge on any atom is 0.0817 e. The van der Waals surface area contributed by atoms with Crippen LogP contribution in [-0.4, -0.2) is 11.2 Å². The van der Waals surface area contributed by atoms with Crippen LogP contribution < -0.4 is 0 Å². The molecule has 0 aromatic carbocycles. The summed E-state index contributed by atoms with van der Waals surface area (Å²) in [5.74, 6) is 5.72.